The summed E-state index contributed by atoms with van der Waals surface area (Å²) in [6, 6.07) is 4.79. The number of allylic oxidation sites excluding steroid dienone is 5. The molecule has 0 heterocycles. The summed E-state index contributed by atoms with van der Waals surface area (Å²) in [5, 5.41) is 0. The summed E-state index contributed by atoms with van der Waals surface area (Å²) in [5.74, 6) is 0. The first kappa shape index (κ1) is 7.70. The highest BCUT2D eigenvalue weighted by molar-refractivity contribution is 5.86. The molecule has 0 heteroatoms. The molecule has 3 aliphatic carbocycles. The highest BCUT2D eigenvalue weighted by atomic mass is 14.3. The summed E-state index contributed by atoms with van der Waals surface area (Å²) >= 11 is 0. The normalized spacial score (nSPS) is 19.7. The summed E-state index contributed by atoms with van der Waals surface area (Å²) in [6.45, 7) is 0. The van der Waals surface area contributed by atoms with Crippen molar-refractivity contribution in [3.63, 3.8) is 0 Å². The zero-order valence-electron chi connectivity index (χ0n) is 8.59. The molecule has 1 aromatic rings. The lowest BCUT2D eigenvalue weighted by Crippen LogP contribution is -1.90. The van der Waals surface area contributed by atoms with E-state index in [9.17, 15) is 0 Å². The summed E-state index contributed by atoms with van der Waals surface area (Å²) in [5.41, 5.74) is 9.12. The van der Waals surface area contributed by atoms with E-state index >= 15 is 0 Å². The standard InChI is InChI=1S/C15H12/c1-3-10-7-13-8-12-5-2-6-14(12)15(13)9-11(10)4-1/h1-3,6-7,9H,4-5,8H2. The maximum atomic E-state index is 2.41. The van der Waals surface area contributed by atoms with E-state index in [0.29, 0.717) is 0 Å². The summed E-state index contributed by atoms with van der Waals surface area (Å²) in [6.07, 6.45) is 12.6. The fourth-order valence-corrected chi connectivity index (χ4v) is 2.97. The van der Waals surface area contributed by atoms with E-state index in [-0.39, 0.29) is 0 Å². The van der Waals surface area contributed by atoms with Crippen molar-refractivity contribution in [2.24, 2.45) is 0 Å². The van der Waals surface area contributed by atoms with E-state index in [1.165, 1.54) is 40.7 Å². The molecule has 0 N–H and O–H groups in total. The van der Waals surface area contributed by atoms with E-state index in [4.69, 9.17) is 0 Å². The Morgan fingerprint density at radius 1 is 0.867 bits per heavy atom. The van der Waals surface area contributed by atoms with E-state index < -0.39 is 0 Å². The lowest BCUT2D eigenvalue weighted by atomic mass is 9.98. The van der Waals surface area contributed by atoms with Crippen LogP contribution in [0.25, 0.3) is 11.6 Å². The Bertz CT molecular complexity index is 554. The van der Waals surface area contributed by atoms with Crippen LogP contribution in [0.15, 0.2) is 35.9 Å². The minimum absolute atomic E-state index is 1.12. The average molecular weight is 192 g/mol. The van der Waals surface area contributed by atoms with Crippen molar-refractivity contribution in [2.45, 2.75) is 19.3 Å². The highest BCUT2D eigenvalue weighted by Gasteiger charge is 2.23. The Balaban J connectivity index is 1.96. The third-order valence-electron chi connectivity index (χ3n) is 3.72. The Morgan fingerprint density at radius 2 is 1.80 bits per heavy atom. The average Bonchev–Trinajstić information content (AvgIpc) is 2.86. The first-order chi connectivity index (χ1) is 7.42. The second-order valence-electron chi connectivity index (χ2n) is 4.62. The van der Waals surface area contributed by atoms with Crippen LogP contribution in [-0.4, -0.2) is 0 Å². The molecule has 0 fully saturated rings. The molecule has 4 rings (SSSR count). The molecule has 0 bridgehead atoms. The molecule has 0 radical (unpaired) electrons. The van der Waals surface area contributed by atoms with Gasteiger partial charge in [-0.3, -0.25) is 0 Å². The van der Waals surface area contributed by atoms with Crippen LogP contribution < -0.4 is 0 Å². The van der Waals surface area contributed by atoms with E-state index in [1.807, 2.05) is 0 Å². The number of benzene rings is 1. The molecule has 0 nitrogen and oxygen atoms in total. The maximum absolute atomic E-state index is 2.41. The van der Waals surface area contributed by atoms with Gasteiger partial charge in [0.15, 0.2) is 0 Å². The monoisotopic (exact) mass is 192 g/mol. The van der Waals surface area contributed by atoms with Gasteiger partial charge in [0, 0.05) is 0 Å². The molecule has 0 spiro atoms. The molecule has 0 unspecified atom stereocenters. The Morgan fingerprint density at radius 3 is 2.80 bits per heavy atom. The van der Waals surface area contributed by atoms with Crippen molar-refractivity contribution < 1.29 is 0 Å². The Hall–Kier alpha value is -1.56. The molecule has 15 heavy (non-hydrogen) atoms. The van der Waals surface area contributed by atoms with Crippen LogP contribution in [0.3, 0.4) is 0 Å². The van der Waals surface area contributed by atoms with E-state index in [2.05, 4.69) is 36.4 Å². The molecule has 0 saturated carbocycles. The van der Waals surface area contributed by atoms with Crippen molar-refractivity contribution in [3.05, 3.63) is 58.2 Å². The smallest absolute Gasteiger partial charge is 0.00484 e. The molecule has 0 aliphatic heterocycles. The topological polar surface area (TPSA) is 0 Å². The van der Waals surface area contributed by atoms with Crippen molar-refractivity contribution in [1.29, 1.82) is 0 Å². The van der Waals surface area contributed by atoms with Gasteiger partial charge in [-0.25, -0.2) is 0 Å². The highest BCUT2D eigenvalue weighted by Crippen LogP contribution is 2.41. The number of fused-ring (bicyclic) bond motifs is 3. The number of hydrogen-bond acceptors (Lipinski definition) is 0. The molecule has 0 saturated heterocycles. The third-order valence-corrected chi connectivity index (χ3v) is 3.72. The van der Waals surface area contributed by atoms with Gasteiger partial charge in [-0.1, -0.05) is 35.9 Å². The minimum Gasteiger partial charge on any atom is -0.0798 e. The fraction of sp³-hybridized carbons (Fsp3) is 0.200. The quantitative estimate of drug-likeness (QED) is 0.590. The predicted octanol–water partition coefficient (Wildman–Crippen LogP) is 3.53. The van der Waals surface area contributed by atoms with Crippen molar-refractivity contribution in [1.82, 2.24) is 0 Å². The van der Waals surface area contributed by atoms with Crippen LogP contribution >= 0.6 is 0 Å². The number of rotatable bonds is 0. The third kappa shape index (κ3) is 0.918. The maximum Gasteiger partial charge on any atom is -0.00484 e. The van der Waals surface area contributed by atoms with Crippen molar-refractivity contribution in [2.75, 3.05) is 0 Å². The van der Waals surface area contributed by atoms with Gasteiger partial charge in [0.05, 0.1) is 0 Å². The van der Waals surface area contributed by atoms with Gasteiger partial charge in [0.2, 0.25) is 0 Å². The summed E-state index contributed by atoms with van der Waals surface area (Å²) in [4.78, 5) is 0. The van der Waals surface area contributed by atoms with Crippen molar-refractivity contribution >= 4 is 11.6 Å². The van der Waals surface area contributed by atoms with Crippen LogP contribution in [0.2, 0.25) is 0 Å². The largest absolute Gasteiger partial charge is 0.0798 e. The van der Waals surface area contributed by atoms with Crippen LogP contribution in [0.5, 0.6) is 0 Å². The lowest BCUT2D eigenvalue weighted by Gasteiger charge is -2.06. The molecule has 1 aromatic carbocycles. The molecule has 72 valence electrons. The SMILES string of the molecule is C1=CC2=C(C1)Cc1cc3c(cc12)CC=C3. The molecule has 3 aliphatic rings. The van der Waals surface area contributed by atoms with Crippen LogP contribution in [0, 0.1) is 0 Å². The van der Waals surface area contributed by atoms with Gasteiger partial charge in [0.25, 0.3) is 0 Å². The molecule has 0 atom stereocenters. The zero-order chi connectivity index (χ0) is 9.83. The van der Waals surface area contributed by atoms with Gasteiger partial charge >= 0.3 is 0 Å². The zero-order valence-corrected chi connectivity index (χ0v) is 8.59. The van der Waals surface area contributed by atoms with Gasteiger partial charge < -0.3 is 0 Å². The van der Waals surface area contributed by atoms with Crippen LogP contribution in [0.4, 0.5) is 0 Å². The first-order valence-corrected chi connectivity index (χ1v) is 5.63. The van der Waals surface area contributed by atoms with E-state index in [1.54, 1.807) is 5.57 Å². The number of hydrogen-bond donors (Lipinski definition) is 0. The molecule has 0 amide bonds. The molecular weight excluding hydrogens is 180 g/mol. The molecule has 0 aromatic heterocycles. The Labute approximate surface area is 89.6 Å². The van der Waals surface area contributed by atoms with Crippen LogP contribution in [0.1, 0.15) is 28.7 Å². The Kier molecular flexibility index (Phi) is 1.29. The molecular formula is C15H12. The first-order valence-electron chi connectivity index (χ1n) is 5.63. The van der Waals surface area contributed by atoms with Crippen molar-refractivity contribution in [3.8, 4) is 0 Å². The van der Waals surface area contributed by atoms with Gasteiger partial charge in [-0.05, 0) is 53.2 Å². The summed E-state index contributed by atoms with van der Waals surface area (Å²) in [7, 11) is 0. The minimum atomic E-state index is 1.12. The second-order valence-corrected chi connectivity index (χ2v) is 4.62. The summed E-state index contributed by atoms with van der Waals surface area (Å²) < 4.78 is 0. The van der Waals surface area contributed by atoms with Crippen LogP contribution in [-0.2, 0) is 12.8 Å². The second kappa shape index (κ2) is 2.52. The van der Waals surface area contributed by atoms with Gasteiger partial charge in [-0.15, -0.1) is 0 Å². The van der Waals surface area contributed by atoms with Gasteiger partial charge in [-0.2, -0.15) is 0 Å². The van der Waals surface area contributed by atoms with Gasteiger partial charge in [0.1, 0.15) is 0 Å². The fourth-order valence-electron chi connectivity index (χ4n) is 2.97. The lowest BCUT2D eigenvalue weighted by molar-refractivity contribution is 1.11. The van der Waals surface area contributed by atoms with E-state index in [0.717, 1.165) is 6.42 Å². The predicted molar refractivity (Wildman–Crippen MR) is 63.6 cm³/mol.